The van der Waals surface area contributed by atoms with Crippen LogP contribution in [-0.2, 0) is 6.54 Å². The van der Waals surface area contributed by atoms with Crippen molar-refractivity contribution in [2.45, 2.75) is 25.8 Å². The molecule has 5 nitrogen and oxygen atoms in total. The first-order valence-corrected chi connectivity index (χ1v) is 7.03. The number of hydrogen-bond acceptors (Lipinski definition) is 4. The van der Waals surface area contributed by atoms with E-state index in [2.05, 4.69) is 10.3 Å². The fourth-order valence-corrected chi connectivity index (χ4v) is 1.80. The molecule has 0 amide bonds. The Morgan fingerprint density at radius 2 is 1.95 bits per heavy atom. The van der Waals surface area contributed by atoms with Crippen LogP contribution in [0.3, 0.4) is 0 Å². The number of hydrogen-bond donors (Lipinski definition) is 0. The highest BCUT2D eigenvalue weighted by Gasteiger charge is 2.07. The molecule has 0 saturated carbocycles. The van der Waals surface area contributed by atoms with E-state index in [1.54, 1.807) is 4.68 Å². The summed E-state index contributed by atoms with van der Waals surface area (Å²) >= 11 is 5.94. The van der Waals surface area contributed by atoms with Gasteiger partial charge < -0.3 is 9.47 Å². The van der Waals surface area contributed by atoms with E-state index in [9.17, 15) is 0 Å². The maximum absolute atomic E-state index is 5.94. The Kier molecular flexibility index (Phi) is 5.24. The number of aromatic nitrogens is 3. The number of ether oxygens (including phenoxy) is 2. The number of rotatable bonds is 7. The van der Waals surface area contributed by atoms with Crippen LogP contribution in [0.5, 0.6) is 11.5 Å². The Labute approximate surface area is 123 Å². The SMILES string of the molecule is CCOc1ccccc1OCCn1cc(C(C)Cl)nn1. The summed E-state index contributed by atoms with van der Waals surface area (Å²) in [7, 11) is 0. The van der Waals surface area contributed by atoms with E-state index < -0.39 is 0 Å². The summed E-state index contributed by atoms with van der Waals surface area (Å²) in [5, 5.41) is 7.85. The monoisotopic (exact) mass is 295 g/mol. The Balaban J connectivity index is 1.89. The van der Waals surface area contributed by atoms with Crippen molar-refractivity contribution in [2.75, 3.05) is 13.2 Å². The van der Waals surface area contributed by atoms with Crippen LogP contribution in [0.15, 0.2) is 30.5 Å². The van der Waals surface area contributed by atoms with Crippen molar-refractivity contribution >= 4 is 11.6 Å². The van der Waals surface area contributed by atoms with Crippen LogP contribution >= 0.6 is 11.6 Å². The van der Waals surface area contributed by atoms with Crippen LogP contribution in [0, 0.1) is 0 Å². The van der Waals surface area contributed by atoms with Crippen molar-refractivity contribution in [1.82, 2.24) is 15.0 Å². The van der Waals surface area contributed by atoms with Crippen LogP contribution in [0.1, 0.15) is 24.9 Å². The molecule has 2 aromatic rings. The molecule has 20 heavy (non-hydrogen) atoms. The molecule has 1 aromatic carbocycles. The molecule has 2 rings (SSSR count). The maximum Gasteiger partial charge on any atom is 0.161 e. The van der Waals surface area contributed by atoms with Gasteiger partial charge in [0.25, 0.3) is 0 Å². The van der Waals surface area contributed by atoms with Gasteiger partial charge in [-0.15, -0.1) is 16.7 Å². The molecule has 0 aliphatic carbocycles. The van der Waals surface area contributed by atoms with Crippen molar-refractivity contribution in [3.8, 4) is 11.5 Å². The summed E-state index contributed by atoms with van der Waals surface area (Å²) in [5.74, 6) is 1.49. The average molecular weight is 296 g/mol. The number of para-hydroxylation sites is 2. The van der Waals surface area contributed by atoms with Crippen LogP contribution in [0.25, 0.3) is 0 Å². The second-order valence-corrected chi connectivity index (χ2v) is 4.91. The van der Waals surface area contributed by atoms with Crippen LogP contribution in [0.2, 0.25) is 0 Å². The molecule has 1 atom stereocenters. The zero-order chi connectivity index (χ0) is 14.4. The zero-order valence-corrected chi connectivity index (χ0v) is 12.4. The molecule has 0 fully saturated rings. The summed E-state index contributed by atoms with van der Waals surface area (Å²) in [6, 6.07) is 7.62. The molecule has 1 heterocycles. The van der Waals surface area contributed by atoms with Gasteiger partial charge in [-0.2, -0.15) is 0 Å². The number of benzene rings is 1. The number of nitrogens with zero attached hydrogens (tertiary/aromatic N) is 3. The van der Waals surface area contributed by atoms with Crippen molar-refractivity contribution in [3.05, 3.63) is 36.2 Å². The molecular weight excluding hydrogens is 278 g/mol. The largest absolute Gasteiger partial charge is 0.490 e. The predicted octanol–water partition coefficient (Wildman–Crippen LogP) is 3.06. The van der Waals surface area contributed by atoms with Crippen molar-refractivity contribution in [3.63, 3.8) is 0 Å². The Bertz CT molecular complexity index is 543. The molecule has 0 radical (unpaired) electrons. The minimum atomic E-state index is -0.136. The zero-order valence-electron chi connectivity index (χ0n) is 11.6. The smallest absolute Gasteiger partial charge is 0.161 e. The molecule has 6 heteroatoms. The third-order valence-corrected chi connectivity index (χ3v) is 2.91. The first-order valence-electron chi connectivity index (χ1n) is 6.59. The second kappa shape index (κ2) is 7.14. The highest BCUT2D eigenvalue weighted by molar-refractivity contribution is 6.20. The molecule has 108 valence electrons. The lowest BCUT2D eigenvalue weighted by atomic mass is 10.3. The first kappa shape index (κ1) is 14.7. The fraction of sp³-hybridized carbons (Fsp3) is 0.429. The van der Waals surface area contributed by atoms with Gasteiger partial charge in [-0.1, -0.05) is 17.3 Å². The third kappa shape index (κ3) is 3.87. The van der Waals surface area contributed by atoms with E-state index in [1.165, 1.54) is 0 Å². The molecule has 0 aliphatic heterocycles. The predicted molar refractivity (Wildman–Crippen MR) is 77.4 cm³/mol. The molecule has 1 aromatic heterocycles. The highest BCUT2D eigenvalue weighted by Crippen LogP contribution is 2.26. The standard InChI is InChI=1S/C14H18ClN3O2/c1-3-19-13-6-4-5-7-14(13)20-9-8-18-10-12(11(2)15)16-17-18/h4-7,10-11H,3,8-9H2,1-2H3. The Morgan fingerprint density at radius 3 is 2.55 bits per heavy atom. The van der Waals surface area contributed by atoms with Gasteiger partial charge in [0.15, 0.2) is 11.5 Å². The Morgan fingerprint density at radius 1 is 1.25 bits per heavy atom. The summed E-state index contributed by atoms with van der Waals surface area (Å²) in [6.07, 6.45) is 1.83. The fourth-order valence-electron chi connectivity index (χ4n) is 1.70. The third-order valence-electron chi connectivity index (χ3n) is 2.69. The lowest BCUT2D eigenvalue weighted by molar-refractivity contribution is 0.261. The normalized spacial score (nSPS) is 12.2. The number of halogens is 1. The quantitative estimate of drug-likeness (QED) is 0.737. The van der Waals surface area contributed by atoms with Crippen molar-refractivity contribution in [1.29, 1.82) is 0 Å². The molecule has 0 N–H and O–H groups in total. The van der Waals surface area contributed by atoms with Gasteiger partial charge in [-0.3, -0.25) is 0 Å². The molecule has 0 aliphatic rings. The Hall–Kier alpha value is -1.75. The van der Waals surface area contributed by atoms with Gasteiger partial charge in [-0.05, 0) is 26.0 Å². The van der Waals surface area contributed by atoms with Gasteiger partial charge in [0, 0.05) is 0 Å². The first-order chi connectivity index (χ1) is 9.70. The topological polar surface area (TPSA) is 49.2 Å². The van der Waals surface area contributed by atoms with Crippen molar-refractivity contribution in [2.24, 2.45) is 0 Å². The van der Waals surface area contributed by atoms with E-state index in [4.69, 9.17) is 21.1 Å². The minimum Gasteiger partial charge on any atom is -0.490 e. The second-order valence-electron chi connectivity index (χ2n) is 4.25. The number of alkyl halides is 1. The lowest BCUT2D eigenvalue weighted by Gasteiger charge is -2.11. The summed E-state index contributed by atoms with van der Waals surface area (Å²) in [5.41, 5.74) is 0.765. The summed E-state index contributed by atoms with van der Waals surface area (Å²) < 4.78 is 12.9. The molecule has 0 spiro atoms. The van der Waals surface area contributed by atoms with Crippen LogP contribution in [-0.4, -0.2) is 28.2 Å². The van der Waals surface area contributed by atoms with E-state index in [0.29, 0.717) is 19.8 Å². The molecule has 0 saturated heterocycles. The van der Waals surface area contributed by atoms with Crippen LogP contribution < -0.4 is 9.47 Å². The lowest BCUT2D eigenvalue weighted by Crippen LogP contribution is -2.09. The summed E-state index contributed by atoms with van der Waals surface area (Å²) in [6.45, 7) is 5.52. The van der Waals surface area contributed by atoms with E-state index in [0.717, 1.165) is 17.2 Å². The molecular formula is C14H18ClN3O2. The maximum atomic E-state index is 5.94. The van der Waals surface area contributed by atoms with Gasteiger partial charge in [0.1, 0.15) is 12.3 Å². The molecule has 0 bridgehead atoms. The van der Waals surface area contributed by atoms with Gasteiger partial charge in [0.2, 0.25) is 0 Å². The minimum absolute atomic E-state index is 0.136. The summed E-state index contributed by atoms with van der Waals surface area (Å²) in [4.78, 5) is 0. The average Bonchev–Trinajstić information content (AvgIpc) is 2.90. The highest BCUT2D eigenvalue weighted by atomic mass is 35.5. The van der Waals surface area contributed by atoms with Crippen molar-refractivity contribution < 1.29 is 9.47 Å². The van der Waals surface area contributed by atoms with Gasteiger partial charge in [-0.25, -0.2) is 4.68 Å². The van der Waals surface area contributed by atoms with E-state index in [1.807, 2.05) is 44.3 Å². The van der Waals surface area contributed by atoms with Gasteiger partial charge >= 0.3 is 0 Å². The van der Waals surface area contributed by atoms with Gasteiger partial charge in [0.05, 0.1) is 24.7 Å². The van der Waals surface area contributed by atoms with E-state index in [-0.39, 0.29) is 5.38 Å². The molecule has 1 unspecified atom stereocenters. The van der Waals surface area contributed by atoms with E-state index >= 15 is 0 Å². The van der Waals surface area contributed by atoms with Crippen LogP contribution in [0.4, 0.5) is 0 Å².